The number of halogens is 2. The molecule has 21 heavy (non-hydrogen) atoms. The van der Waals surface area contributed by atoms with Crippen molar-refractivity contribution in [2.45, 2.75) is 26.8 Å². The summed E-state index contributed by atoms with van der Waals surface area (Å²) in [6.07, 6.45) is 1.11. The Morgan fingerprint density at radius 1 is 1.14 bits per heavy atom. The van der Waals surface area contributed by atoms with Gasteiger partial charge in [0.15, 0.2) is 0 Å². The Bertz CT molecular complexity index is 616. The number of aryl methyl sites for hydroxylation is 1. The molecule has 0 aliphatic rings. The van der Waals surface area contributed by atoms with E-state index >= 15 is 0 Å². The summed E-state index contributed by atoms with van der Waals surface area (Å²) in [4.78, 5) is 0. The Hall–Kier alpha value is -1.03. The number of rotatable bonds is 6. The Morgan fingerprint density at radius 3 is 2.71 bits per heavy atom. The zero-order valence-electron chi connectivity index (χ0n) is 12.2. The molecule has 2 aromatic rings. The summed E-state index contributed by atoms with van der Waals surface area (Å²) in [5.74, 6) is 1.65. The lowest BCUT2D eigenvalue weighted by atomic mass is 10.2. The molecule has 0 spiro atoms. The zero-order chi connectivity index (χ0) is 15.2. The van der Waals surface area contributed by atoms with E-state index in [2.05, 4.69) is 34.2 Å². The van der Waals surface area contributed by atoms with Gasteiger partial charge >= 0.3 is 0 Å². The number of hydrogen-bond acceptors (Lipinski definition) is 2. The average Bonchev–Trinajstić information content (AvgIpc) is 2.46. The van der Waals surface area contributed by atoms with Crippen molar-refractivity contribution in [3.63, 3.8) is 0 Å². The van der Waals surface area contributed by atoms with E-state index in [-0.39, 0.29) is 0 Å². The summed E-state index contributed by atoms with van der Waals surface area (Å²) in [7, 11) is 0. The third-order valence-electron chi connectivity index (χ3n) is 3.13. The van der Waals surface area contributed by atoms with E-state index in [1.165, 1.54) is 0 Å². The lowest BCUT2D eigenvalue weighted by Gasteiger charge is -2.14. The van der Waals surface area contributed by atoms with Crippen LogP contribution in [0.3, 0.4) is 0 Å². The van der Waals surface area contributed by atoms with Gasteiger partial charge in [0.05, 0.1) is 0 Å². The minimum Gasteiger partial charge on any atom is -0.457 e. The maximum absolute atomic E-state index is 6.06. The summed E-state index contributed by atoms with van der Waals surface area (Å²) >= 11 is 9.56. The normalized spacial score (nSPS) is 10.7. The fraction of sp³-hybridized carbons (Fsp3) is 0.294. The van der Waals surface area contributed by atoms with E-state index in [0.717, 1.165) is 46.6 Å². The molecule has 0 aromatic heterocycles. The second-order valence-corrected chi connectivity index (χ2v) is 6.29. The van der Waals surface area contributed by atoms with E-state index in [0.29, 0.717) is 5.02 Å². The quantitative estimate of drug-likeness (QED) is 0.660. The third kappa shape index (κ3) is 4.73. The molecule has 2 rings (SSSR count). The van der Waals surface area contributed by atoms with Gasteiger partial charge in [0.2, 0.25) is 0 Å². The van der Waals surface area contributed by atoms with Crippen molar-refractivity contribution in [2.75, 3.05) is 6.54 Å². The summed E-state index contributed by atoms with van der Waals surface area (Å²) in [6.45, 7) is 5.94. The Kier molecular flexibility index (Phi) is 6.09. The van der Waals surface area contributed by atoms with Crippen molar-refractivity contribution in [3.8, 4) is 11.5 Å². The number of nitrogens with one attached hydrogen (secondary N) is 1. The minimum atomic E-state index is 0.679. The van der Waals surface area contributed by atoms with Crippen LogP contribution in [0.5, 0.6) is 11.5 Å². The summed E-state index contributed by atoms with van der Waals surface area (Å²) in [5.41, 5.74) is 2.19. The molecule has 0 heterocycles. The smallest absolute Gasteiger partial charge is 0.132 e. The predicted octanol–water partition coefficient (Wildman–Crippen LogP) is 5.70. The monoisotopic (exact) mass is 367 g/mol. The molecule has 0 atom stereocenters. The maximum Gasteiger partial charge on any atom is 0.132 e. The van der Waals surface area contributed by atoms with Gasteiger partial charge in [-0.15, -0.1) is 0 Å². The highest BCUT2D eigenvalue weighted by molar-refractivity contribution is 9.10. The van der Waals surface area contributed by atoms with Crippen LogP contribution in [-0.4, -0.2) is 6.54 Å². The van der Waals surface area contributed by atoms with Crippen molar-refractivity contribution in [2.24, 2.45) is 0 Å². The first-order valence-electron chi connectivity index (χ1n) is 7.03. The number of hydrogen-bond donors (Lipinski definition) is 1. The van der Waals surface area contributed by atoms with E-state index < -0.39 is 0 Å². The first-order chi connectivity index (χ1) is 10.1. The molecular weight excluding hydrogens is 350 g/mol. The minimum absolute atomic E-state index is 0.679. The van der Waals surface area contributed by atoms with Crippen LogP contribution in [0.25, 0.3) is 0 Å². The van der Waals surface area contributed by atoms with Crippen molar-refractivity contribution in [1.29, 1.82) is 0 Å². The molecule has 0 saturated heterocycles. The van der Waals surface area contributed by atoms with Crippen LogP contribution in [0.1, 0.15) is 24.5 Å². The molecule has 0 amide bonds. The van der Waals surface area contributed by atoms with Crippen LogP contribution in [0.2, 0.25) is 5.02 Å². The molecule has 0 saturated carbocycles. The average molecular weight is 369 g/mol. The van der Waals surface area contributed by atoms with Crippen molar-refractivity contribution >= 4 is 27.5 Å². The predicted molar refractivity (Wildman–Crippen MR) is 92.4 cm³/mol. The van der Waals surface area contributed by atoms with Crippen LogP contribution in [0.4, 0.5) is 0 Å². The molecule has 2 nitrogen and oxygen atoms in total. The van der Waals surface area contributed by atoms with Gasteiger partial charge < -0.3 is 10.1 Å². The molecule has 1 N–H and O–H groups in total. The Balaban J connectivity index is 2.24. The molecule has 0 aliphatic carbocycles. The lowest BCUT2D eigenvalue weighted by molar-refractivity contribution is 0.469. The second-order valence-electron chi connectivity index (χ2n) is 4.94. The van der Waals surface area contributed by atoms with E-state index in [1.807, 2.05) is 37.3 Å². The molecule has 0 fully saturated rings. The largest absolute Gasteiger partial charge is 0.457 e. The first-order valence-corrected chi connectivity index (χ1v) is 8.20. The van der Waals surface area contributed by atoms with Crippen LogP contribution < -0.4 is 10.1 Å². The molecular formula is C17H19BrClNO. The van der Waals surface area contributed by atoms with E-state index in [9.17, 15) is 0 Å². The topological polar surface area (TPSA) is 21.3 Å². The van der Waals surface area contributed by atoms with E-state index in [1.54, 1.807) is 0 Å². The number of ether oxygens (including phenoxy) is 1. The molecule has 0 aliphatic heterocycles. The maximum atomic E-state index is 6.06. The van der Waals surface area contributed by atoms with E-state index in [4.69, 9.17) is 16.3 Å². The van der Waals surface area contributed by atoms with Gasteiger partial charge in [-0.25, -0.2) is 0 Å². The fourth-order valence-electron chi connectivity index (χ4n) is 1.99. The van der Waals surface area contributed by atoms with Crippen LogP contribution in [-0.2, 0) is 6.54 Å². The SMILES string of the molecule is CCCNCc1cc(Br)ccc1Oc1cc(Cl)ccc1C. The van der Waals surface area contributed by atoms with Crippen LogP contribution in [0.15, 0.2) is 40.9 Å². The lowest BCUT2D eigenvalue weighted by Crippen LogP contribution is -2.14. The molecule has 4 heteroatoms. The van der Waals surface area contributed by atoms with Gasteiger partial charge in [0.1, 0.15) is 11.5 Å². The van der Waals surface area contributed by atoms with Crippen LogP contribution >= 0.6 is 27.5 Å². The fourth-order valence-corrected chi connectivity index (χ4v) is 2.56. The van der Waals surface area contributed by atoms with Gasteiger partial charge in [-0.2, -0.15) is 0 Å². The van der Waals surface area contributed by atoms with Gasteiger partial charge in [-0.3, -0.25) is 0 Å². The molecule has 2 aromatic carbocycles. The second kappa shape index (κ2) is 7.83. The highest BCUT2D eigenvalue weighted by atomic mass is 79.9. The highest BCUT2D eigenvalue weighted by Crippen LogP contribution is 2.31. The highest BCUT2D eigenvalue weighted by Gasteiger charge is 2.08. The summed E-state index contributed by atoms with van der Waals surface area (Å²) in [6, 6.07) is 11.7. The molecule has 112 valence electrons. The van der Waals surface area contributed by atoms with Gasteiger partial charge in [-0.05, 0) is 55.8 Å². The van der Waals surface area contributed by atoms with Crippen molar-refractivity contribution in [1.82, 2.24) is 5.32 Å². The van der Waals surface area contributed by atoms with Gasteiger partial charge in [-0.1, -0.05) is 40.5 Å². The zero-order valence-corrected chi connectivity index (χ0v) is 14.6. The van der Waals surface area contributed by atoms with Crippen molar-refractivity contribution < 1.29 is 4.74 Å². The number of benzene rings is 2. The standard InChI is InChI=1S/C17H19BrClNO/c1-3-8-20-11-13-9-14(18)5-7-16(13)21-17-10-15(19)6-4-12(17)2/h4-7,9-10,20H,3,8,11H2,1-2H3. The third-order valence-corrected chi connectivity index (χ3v) is 3.86. The first kappa shape index (κ1) is 16.3. The summed E-state index contributed by atoms with van der Waals surface area (Å²) in [5, 5.41) is 4.08. The van der Waals surface area contributed by atoms with Crippen molar-refractivity contribution in [3.05, 3.63) is 57.0 Å². The van der Waals surface area contributed by atoms with Gasteiger partial charge in [0, 0.05) is 21.6 Å². The Morgan fingerprint density at radius 2 is 1.95 bits per heavy atom. The van der Waals surface area contributed by atoms with Crippen LogP contribution in [0, 0.1) is 6.92 Å². The molecule has 0 radical (unpaired) electrons. The Labute approximate surface area is 139 Å². The summed E-state index contributed by atoms with van der Waals surface area (Å²) < 4.78 is 7.11. The molecule has 0 unspecified atom stereocenters. The van der Waals surface area contributed by atoms with Gasteiger partial charge in [0.25, 0.3) is 0 Å². The molecule has 0 bridgehead atoms.